The average Bonchev–Trinajstić information content (AvgIpc) is 3.54. The number of fused-ring (bicyclic) bond motifs is 2. The van der Waals surface area contributed by atoms with Crippen molar-refractivity contribution in [3.05, 3.63) is 78.5 Å². The molecule has 1 fully saturated rings. The van der Waals surface area contributed by atoms with Crippen LogP contribution in [0.15, 0.2) is 72.9 Å². The van der Waals surface area contributed by atoms with Gasteiger partial charge in [-0.25, -0.2) is 0 Å². The van der Waals surface area contributed by atoms with Gasteiger partial charge in [-0.1, -0.05) is 30.3 Å². The van der Waals surface area contributed by atoms with Crippen molar-refractivity contribution >= 4 is 16.6 Å². The van der Waals surface area contributed by atoms with E-state index in [1.165, 1.54) is 29.3 Å². The average molecular weight is 470 g/mol. The fraction of sp³-hybridized carbons (Fsp3) is 0.310. The molecule has 3 heterocycles. The first-order chi connectivity index (χ1) is 17.3. The summed E-state index contributed by atoms with van der Waals surface area (Å²) in [4.78, 5) is 8.42. The number of piperazine rings is 1. The van der Waals surface area contributed by atoms with Crippen molar-refractivity contribution in [1.82, 2.24) is 9.88 Å². The zero-order valence-corrected chi connectivity index (χ0v) is 19.9. The molecule has 0 spiro atoms. The maximum atomic E-state index is 6.27. The van der Waals surface area contributed by atoms with Crippen LogP contribution < -0.4 is 19.1 Å². The summed E-state index contributed by atoms with van der Waals surface area (Å²) in [5.41, 5.74) is 3.81. The molecule has 35 heavy (non-hydrogen) atoms. The third-order valence-electron chi connectivity index (χ3n) is 7.00. The van der Waals surface area contributed by atoms with Gasteiger partial charge in [-0.05, 0) is 61.7 Å². The number of ether oxygens (including phenoxy) is 3. The molecule has 0 aliphatic carbocycles. The van der Waals surface area contributed by atoms with Gasteiger partial charge in [0.2, 0.25) is 6.79 Å². The Hall–Kier alpha value is -3.64. The van der Waals surface area contributed by atoms with Crippen LogP contribution in [0.5, 0.6) is 23.0 Å². The SMILES string of the molecule is c1ccc(N2CCN(CCCCc3c[nH]c4ccccc34)CC2)c(Oc2ccc3c(c2)OCO3)c1. The maximum Gasteiger partial charge on any atom is 0.231 e. The number of rotatable bonds is 8. The number of H-pyrrole nitrogens is 1. The number of hydrogen-bond acceptors (Lipinski definition) is 5. The largest absolute Gasteiger partial charge is 0.455 e. The first-order valence-corrected chi connectivity index (χ1v) is 12.5. The molecule has 1 N–H and O–H groups in total. The normalized spacial score (nSPS) is 15.6. The van der Waals surface area contributed by atoms with Gasteiger partial charge < -0.3 is 24.1 Å². The fourth-order valence-corrected chi connectivity index (χ4v) is 5.07. The lowest BCUT2D eigenvalue weighted by atomic mass is 10.1. The fourth-order valence-electron chi connectivity index (χ4n) is 5.07. The van der Waals surface area contributed by atoms with Gasteiger partial charge in [-0.3, -0.25) is 4.90 Å². The molecule has 2 aliphatic rings. The van der Waals surface area contributed by atoms with E-state index in [2.05, 4.69) is 57.4 Å². The lowest BCUT2D eigenvalue weighted by Crippen LogP contribution is -2.46. The number of aromatic amines is 1. The first kappa shape index (κ1) is 21.9. The molecule has 0 amide bonds. The zero-order chi connectivity index (χ0) is 23.5. The van der Waals surface area contributed by atoms with Crippen LogP contribution in [0.1, 0.15) is 18.4 Å². The van der Waals surface area contributed by atoms with Crippen molar-refractivity contribution in [3.63, 3.8) is 0 Å². The van der Waals surface area contributed by atoms with Crippen LogP contribution in [0.4, 0.5) is 5.69 Å². The number of nitrogens with zero attached hydrogens (tertiary/aromatic N) is 2. The van der Waals surface area contributed by atoms with E-state index in [1.807, 2.05) is 30.3 Å². The second-order valence-electron chi connectivity index (χ2n) is 9.23. The third-order valence-corrected chi connectivity index (χ3v) is 7.00. The van der Waals surface area contributed by atoms with Gasteiger partial charge in [-0.15, -0.1) is 0 Å². The van der Waals surface area contributed by atoms with E-state index in [-0.39, 0.29) is 6.79 Å². The molecular formula is C29H31N3O3. The van der Waals surface area contributed by atoms with Gasteiger partial charge in [0.1, 0.15) is 5.75 Å². The quantitative estimate of drug-likeness (QED) is 0.329. The molecule has 1 aromatic heterocycles. The predicted molar refractivity (Wildman–Crippen MR) is 139 cm³/mol. The van der Waals surface area contributed by atoms with Gasteiger partial charge in [0, 0.05) is 49.3 Å². The Labute approximate surface area is 206 Å². The summed E-state index contributed by atoms with van der Waals surface area (Å²) in [5.74, 6) is 3.13. The molecule has 6 nitrogen and oxygen atoms in total. The van der Waals surface area contributed by atoms with E-state index < -0.39 is 0 Å². The summed E-state index contributed by atoms with van der Waals surface area (Å²) in [6.45, 7) is 5.58. The standard InChI is InChI=1S/C29H31N3O3/c1-2-9-25-24(8-1)22(20-30-25)7-5-6-14-31-15-17-32(18-16-31)26-10-3-4-11-27(26)35-23-12-13-28-29(19-23)34-21-33-28/h1-4,8-13,19-20,30H,5-7,14-18,21H2. The number of aromatic nitrogens is 1. The smallest absolute Gasteiger partial charge is 0.231 e. The molecule has 1 saturated heterocycles. The van der Waals surface area contributed by atoms with Crippen LogP contribution in [0.2, 0.25) is 0 Å². The lowest BCUT2D eigenvalue weighted by Gasteiger charge is -2.36. The molecule has 180 valence electrons. The topological polar surface area (TPSA) is 50.0 Å². The second-order valence-corrected chi connectivity index (χ2v) is 9.23. The molecule has 0 radical (unpaired) electrons. The molecule has 0 unspecified atom stereocenters. The summed E-state index contributed by atoms with van der Waals surface area (Å²) < 4.78 is 17.2. The number of hydrogen-bond donors (Lipinski definition) is 1. The van der Waals surface area contributed by atoms with Gasteiger partial charge in [0.05, 0.1) is 5.69 Å². The van der Waals surface area contributed by atoms with E-state index in [4.69, 9.17) is 14.2 Å². The molecule has 6 rings (SSSR count). The van der Waals surface area contributed by atoms with Crippen LogP contribution in [-0.2, 0) is 6.42 Å². The molecule has 6 heteroatoms. The van der Waals surface area contributed by atoms with E-state index in [9.17, 15) is 0 Å². The van der Waals surface area contributed by atoms with Crippen molar-refractivity contribution in [2.75, 3.05) is 44.4 Å². The molecule has 3 aromatic carbocycles. The molecule has 0 saturated carbocycles. The Balaban J connectivity index is 1.01. The molecule has 4 aromatic rings. The first-order valence-electron chi connectivity index (χ1n) is 12.5. The van der Waals surface area contributed by atoms with Gasteiger partial charge in [0.15, 0.2) is 17.2 Å². The summed E-state index contributed by atoms with van der Waals surface area (Å²) >= 11 is 0. The van der Waals surface area contributed by atoms with Crippen molar-refractivity contribution in [1.29, 1.82) is 0 Å². The van der Waals surface area contributed by atoms with Crippen LogP contribution >= 0.6 is 0 Å². The Morgan fingerprint density at radius 3 is 2.60 bits per heavy atom. The molecule has 2 aliphatic heterocycles. The third kappa shape index (κ3) is 4.80. The maximum absolute atomic E-state index is 6.27. The summed E-state index contributed by atoms with van der Waals surface area (Å²) in [6, 6.07) is 22.6. The van der Waals surface area contributed by atoms with Crippen LogP contribution in [0, 0.1) is 0 Å². The highest BCUT2D eigenvalue weighted by atomic mass is 16.7. The minimum Gasteiger partial charge on any atom is -0.455 e. The van der Waals surface area contributed by atoms with Crippen molar-refractivity contribution in [3.8, 4) is 23.0 Å². The predicted octanol–water partition coefficient (Wildman–Crippen LogP) is 5.83. The van der Waals surface area contributed by atoms with E-state index >= 15 is 0 Å². The summed E-state index contributed by atoms with van der Waals surface area (Å²) in [7, 11) is 0. The number of nitrogens with one attached hydrogen (secondary N) is 1. The monoisotopic (exact) mass is 469 g/mol. The van der Waals surface area contributed by atoms with Gasteiger partial charge in [-0.2, -0.15) is 0 Å². The number of unbranched alkanes of at least 4 members (excludes halogenated alkanes) is 1. The number of anilines is 1. The van der Waals surface area contributed by atoms with Crippen LogP contribution in [-0.4, -0.2) is 49.4 Å². The number of aryl methyl sites for hydroxylation is 1. The highest BCUT2D eigenvalue weighted by molar-refractivity contribution is 5.83. The van der Waals surface area contributed by atoms with Crippen LogP contribution in [0.25, 0.3) is 10.9 Å². The Bertz CT molecular complexity index is 1290. The van der Waals surface area contributed by atoms with Crippen molar-refractivity contribution in [2.24, 2.45) is 0 Å². The minimum atomic E-state index is 0.267. The Kier molecular flexibility index (Phi) is 6.20. The van der Waals surface area contributed by atoms with Crippen LogP contribution in [0.3, 0.4) is 0 Å². The zero-order valence-electron chi connectivity index (χ0n) is 19.9. The number of para-hydroxylation sites is 3. The Morgan fingerprint density at radius 1 is 0.829 bits per heavy atom. The Morgan fingerprint density at radius 2 is 1.66 bits per heavy atom. The highest BCUT2D eigenvalue weighted by Gasteiger charge is 2.20. The lowest BCUT2D eigenvalue weighted by molar-refractivity contribution is 0.174. The van der Waals surface area contributed by atoms with Gasteiger partial charge in [0.25, 0.3) is 0 Å². The molecule has 0 atom stereocenters. The minimum absolute atomic E-state index is 0.267. The van der Waals surface area contributed by atoms with Gasteiger partial charge >= 0.3 is 0 Å². The van der Waals surface area contributed by atoms with Crippen molar-refractivity contribution < 1.29 is 14.2 Å². The van der Waals surface area contributed by atoms with Crippen molar-refractivity contribution in [2.45, 2.75) is 19.3 Å². The summed E-state index contributed by atoms with van der Waals surface area (Å²) in [6.07, 6.45) is 5.75. The van der Waals surface area contributed by atoms with E-state index in [0.717, 1.165) is 67.8 Å². The molecule has 0 bridgehead atoms. The number of benzene rings is 3. The molecular weight excluding hydrogens is 438 g/mol. The highest BCUT2D eigenvalue weighted by Crippen LogP contribution is 2.39. The van der Waals surface area contributed by atoms with E-state index in [1.54, 1.807) is 0 Å². The summed E-state index contributed by atoms with van der Waals surface area (Å²) in [5, 5.41) is 1.36. The van der Waals surface area contributed by atoms with E-state index in [0.29, 0.717) is 0 Å². The second kappa shape index (κ2) is 9.92.